The molecule has 0 heterocycles. The number of rotatable bonds is 7. The number of urea groups is 1. The molecule has 20 heavy (non-hydrogen) atoms. The number of hydrogen-bond acceptors (Lipinski definition) is 4. The number of carbonyl (C=O) groups is 3. The van der Waals surface area contributed by atoms with Crippen molar-refractivity contribution in [2.75, 3.05) is 26.2 Å². The van der Waals surface area contributed by atoms with Crippen LogP contribution in [-0.4, -0.2) is 60.3 Å². The Balaban J connectivity index is 4.38. The SMILES string of the molecule is CCCNC(=O)NC(=O)CN(CC(=O)O)CC(F)(F)F. The number of halogens is 3. The molecule has 10 heteroatoms. The molecule has 0 unspecified atom stereocenters. The van der Waals surface area contributed by atoms with Crippen LogP contribution in [0.15, 0.2) is 0 Å². The molecule has 7 nitrogen and oxygen atoms in total. The molecule has 0 spiro atoms. The lowest BCUT2D eigenvalue weighted by atomic mass is 10.4. The summed E-state index contributed by atoms with van der Waals surface area (Å²) < 4.78 is 36.6. The zero-order valence-electron chi connectivity index (χ0n) is 10.8. The number of amides is 3. The van der Waals surface area contributed by atoms with Gasteiger partial charge in [-0.05, 0) is 6.42 Å². The maximum Gasteiger partial charge on any atom is 0.401 e. The molecule has 0 fully saturated rings. The van der Waals surface area contributed by atoms with E-state index in [4.69, 9.17) is 5.11 Å². The van der Waals surface area contributed by atoms with Crippen LogP contribution < -0.4 is 10.6 Å². The molecule has 0 aromatic carbocycles. The lowest BCUT2D eigenvalue weighted by Gasteiger charge is -2.20. The summed E-state index contributed by atoms with van der Waals surface area (Å²) in [6.45, 7) is -1.27. The van der Waals surface area contributed by atoms with E-state index in [0.29, 0.717) is 17.9 Å². The Morgan fingerprint density at radius 1 is 1.20 bits per heavy atom. The van der Waals surface area contributed by atoms with Crippen LogP contribution in [0.5, 0.6) is 0 Å². The van der Waals surface area contributed by atoms with Gasteiger partial charge in [-0.2, -0.15) is 13.2 Å². The molecule has 0 aromatic rings. The molecule has 0 aliphatic rings. The Morgan fingerprint density at radius 2 is 1.80 bits per heavy atom. The zero-order valence-corrected chi connectivity index (χ0v) is 10.8. The van der Waals surface area contributed by atoms with Gasteiger partial charge in [0.05, 0.1) is 19.6 Å². The summed E-state index contributed by atoms with van der Waals surface area (Å²) in [5.41, 5.74) is 0. The number of carbonyl (C=O) groups excluding carboxylic acids is 2. The van der Waals surface area contributed by atoms with Crippen molar-refractivity contribution in [1.29, 1.82) is 0 Å². The van der Waals surface area contributed by atoms with Gasteiger partial charge < -0.3 is 10.4 Å². The van der Waals surface area contributed by atoms with Crippen LogP contribution in [0.1, 0.15) is 13.3 Å². The number of carboxylic acid groups (broad SMARTS) is 1. The van der Waals surface area contributed by atoms with E-state index < -0.39 is 43.7 Å². The third-order valence-corrected chi connectivity index (χ3v) is 1.92. The molecule has 0 atom stereocenters. The summed E-state index contributed by atoms with van der Waals surface area (Å²) in [6.07, 6.45) is -4.01. The third-order valence-electron chi connectivity index (χ3n) is 1.92. The van der Waals surface area contributed by atoms with Gasteiger partial charge in [0.25, 0.3) is 0 Å². The van der Waals surface area contributed by atoms with E-state index in [9.17, 15) is 27.6 Å². The van der Waals surface area contributed by atoms with Crippen LogP contribution in [0.2, 0.25) is 0 Å². The molecule has 0 saturated heterocycles. The Morgan fingerprint density at radius 3 is 2.25 bits per heavy atom. The average Bonchev–Trinajstić information content (AvgIpc) is 2.22. The lowest BCUT2D eigenvalue weighted by Crippen LogP contribution is -2.47. The smallest absolute Gasteiger partial charge is 0.401 e. The number of nitrogens with zero attached hydrogens (tertiary/aromatic N) is 1. The third kappa shape index (κ3) is 10.1. The first kappa shape index (κ1) is 18.2. The summed E-state index contributed by atoms with van der Waals surface area (Å²) in [5, 5.41) is 12.6. The molecular formula is C10H16F3N3O4. The van der Waals surface area contributed by atoms with Crippen LogP contribution in [0.25, 0.3) is 0 Å². The van der Waals surface area contributed by atoms with Gasteiger partial charge in [0.15, 0.2) is 0 Å². The highest BCUT2D eigenvalue weighted by molar-refractivity contribution is 5.95. The second-order valence-corrected chi connectivity index (χ2v) is 3.96. The number of nitrogens with one attached hydrogen (secondary N) is 2. The van der Waals surface area contributed by atoms with Crippen molar-refractivity contribution in [1.82, 2.24) is 15.5 Å². The summed E-state index contributed by atoms with van der Waals surface area (Å²) >= 11 is 0. The molecule has 3 N–H and O–H groups in total. The lowest BCUT2D eigenvalue weighted by molar-refractivity contribution is -0.155. The fourth-order valence-electron chi connectivity index (χ4n) is 1.26. The van der Waals surface area contributed by atoms with Crippen molar-refractivity contribution in [3.05, 3.63) is 0 Å². The van der Waals surface area contributed by atoms with E-state index in [2.05, 4.69) is 5.32 Å². The van der Waals surface area contributed by atoms with Gasteiger partial charge in [0, 0.05) is 6.54 Å². The van der Waals surface area contributed by atoms with Gasteiger partial charge in [-0.1, -0.05) is 6.92 Å². The van der Waals surface area contributed by atoms with Gasteiger partial charge in [-0.25, -0.2) is 4.79 Å². The van der Waals surface area contributed by atoms with Crippen molar-refractivity contribution in [3.63, 3.8) is 0 Å². The fourth-order valence-corrected chi connectivity index (χ4v) is 1.26. The van der Waals surface area contributed by atoms with Crippen molar-refractivity contribution in [2.24, 2.45) is 0 Å². The van der Waals surface area contributed by atoms with Gasteiger partial charge in [0.2, 0.25) is 5.91 Å². The van der Waals surface area contributed by atoms with Gasteiger partial charge in [-0.3, -0.25) is 19.8 Å². The van der Waals surface area contributed by atoms with E-state index in [1.165, 1.54) is 0 Å². The molecule has 0 saturated carbocycles. The van der Waals surface area contributed by atoms with Gasteiger partial charge in [-0.15, -0.1) is 0 Å². The topological polar surface area (TPSA) is 98.7 Å². The van der Waals surface area contributed by atoms with Crippen LogP contribution in [0, 0.1) is 0 Å². The summed E-state index contributed by atoms with van der Waals surface area (Å²) in [6, 6.07) is -0.834. The first-order valence-electron chi connectivity index (χ1n) is 5.72. The van der Waals surface area contributed by atoms with Crippen LogP contribution in [0.4, 0.5) is 18.0 Å². The maximum atomic E-state index is 12.2. The highest BCUT2D eigenvalue weighted by Crippen LogP contribution is 2.16. The predicted octanol–water partition coefficient (Wildman–Crippen LogP) is 0.171. The minimum absolute atomic E-state index is 0.306. The van der Waals surface area contributed by atoms with E-state index in [1.54, 1.807) is 6.92 Å². The number of imide groups is 1. The molecule has 3 amide bonds. The summed E-state index contributed by atoms with van der Waals surface area (Å²) in [5.74, 6) is -2.51. The molecule has 0 aromatic heterocycles. The molecular weight excluding hydrogens is 283 g/mol. The molecule has 0 aliphatic carbocycles. The minimum atomic E-state index is -4.64. The first-order chi connectivity index (χ1) is 9.14. The molecule has 0 radical (unpaired) electrons. The van der Waals surface area contributed by atoms with E-state index in [0.717, 1.165) is 0 Å². The Kier molecular flexibility index (Phi) is 7.59. The van der Waals surface area contributed by atoms with E-state index >= 15 is 0 Å². The van der Waals surface area contributed by atoms with Crippen LogP contribution in [0.3, 0.4) is 0 Å². The second kappa shape index (κ2) is 8.35. The highest BCUT2D eigenvalue weighted by atomic mass is 19.4. The molecule has 0 aliphatic heterocycles. The number of hydrogen-bond donors (Lipinski definition) is 3. The van der Waals surface area contributed by atoms with Crippen molar-refractivity contribution < 1.29 is 32.7 Å². The van der Waals surface area contributed by atoms with E-state index in [-0.39, 0.29) is 0 Å². The number of alkyl halides is 3. The summed E-state index contributed by atoms with van der Waals surface area (Å²) in [7, 11) is 0. The standard InChI is InChI=1S/C10H16F3N3O4/c1-2-3-14-9(20)15-7(17)4-16(5-8(18)19)6-10(11,12)13/h2-6H2,1H3,(H,18,19)(H2,14,15,17,20). The van der Waals surface area contributed by atoms with Crippen molar-refractivity contribution >= 4 is 17.9 Å². The Hall–Kier alpha value is -1.84. The molecule has 0 rings (SSSR count). The van der Waals surface area contributed by atoms with Crippen LogP contribution >= 0.6 is 0 Å². The Bertz CT molecular complexity index is 360. The predicted molar refractivity (Wildman–Crippen MR) is 62.0 cm³/mol. The fraction of sp³-hybridized carbons (Fsp3) is 0.700. The van der Waals surface area contributed by atoms with Crippen molar-refractivity contribution in [2.45, 2.75) is 19.5 Å². The van der Waals surface area contributed by atoms with Gasteiger partial charge in [0.1, 0.15) is 0 Å². The average molecular weight is 299 g/mol. The van der Waals surface area contributed by atoms with Crippen molar-refractivity contribution in [3.8, 4) is 0 Å². The van der Waals surface area contributed by atoms with Gasteiger partial charge >= 0.3 is 18.2 Å². The second-order valence-electron chi connectivity index (χ2n) is 3.96. The molecule has 0 bridgehead atoms. The summed E-state index contributed by atoms with van der Waals surface area (Å²) in [4.78, 5) is 33.2. The van der Waals surface area contributed by atoms with E-state index in [1.807, 2.05) is 5.32 Å². The number of aliphatic carboxylic acids is 1. The monoisotopic (exact) mass is 299 g/mol. The largest absolute Gasteiger partial charge is 0.480 e. The zero-order chi connectivity index (χ0) is 15.8. The highest BCUT2D eigenvalue weighted by Gasteiger charge is 2.32. The maximum absolute atomic E-state index is 12.2. The first-order valence-corrected chi connectivity index (χ1v) is 5.72. The Labute approximate surface area is 113 Å². The van der Waals surface area contributed by atoms with Crippen LogP contribution in [-0.2, 0) is 9.59 Å². The minimum Gasteiger partial charge on any atom is -0.480 e. The quantitative estimate of drug-likeness (QED) is 0.622. The molecule has 116 valence electrons. The number of carboxylic acids is 1. The normalized spacial score (nSPS) is 11.2.